The van der Waals surface area contributed by atoms with Gasteiger partial charge >= 0.3 is 0 Å². The fourth-order valence-corrected chi connectivity index (χ4v) is 8.03. The number of rotatable bonds is 4. The van der Waals surface area contributed by atoms with E-state index in [1.807, 2.05) is 42.5 Å². The van der Waals surface area contributed by atoms with Gasteiger partial charge in [-0.2, -0.15) is 0 Å². The molecule has 1 nitrogen and oxygen atoms in total. The molecular weight excluding hydrogens is 569 g/mol. The number of fused-ring (bicyclic) bond motifs is 7. The minimum atomic E-state index is -0.116. The van der Waals surface area contributed by atoms with Crippen molar-refractivity contribution in [2.45, 2.75) is 19.3 Å². The summed E-state index contributed by atoms with van der Waals surface area (Å²) in [5, 5.41) is 7.43. The van der Waals surface area contributed by atoms with E-state index in [0.29, 0.717) is 11.1 Å². The predicted molar refractivity (Wildman–Crippen MR) is 197 cm³/mol. The zero-order chi connectivity index (χ0) is 31.7. The third-order valence-corrected chi connectivity index (χ3v) is 10.3. The predicted octanol–water partition coefficient (Wildman–Crippen LogP) is 12.0. The normalized spacial score (nSPS) is 13.1. The molecule has 222 valence electrons. The highest BCUT2D eigenvalue weighted by Gasteiger charge is 2.37. The van der Waals surface area contributed by atoms with Gasteiger partial charge in [-0.15, -0.1) is 0 Å². The van der Waals surface area contributed by atoms with E-state index in [-0.39, 0.29) is 11.2 Å². The van der Waals surface area contributed by atoms with Crippen molar-refractivity contribution in [2.75, 3.05) is 0 Å². The molecule has 0 heterocycles. The van der Waals surface area contributed by atoms with E-state index in [1.54, 1.807) is 0 Å². The molecule has 47 heavy (non-hydrogen) atoms. The fourth-order valence-electron chi connectivity index (χ4n) is 8.03. The Hall–Kier alpha value is -5.79. The van der Waals surface area contributed by atoms with Gasteiger partial charge in [-0.1, -0.05) is 166 Å². The minimum Gasteiger partial charge on any atom is -0.289 e. The van der Waals surface area contributed by atoms with Gasteiger partial charge in [-0.25, -0.2) is 0 Å². The minimum absolute atomic E-state index is 0.0378. The number of ketones is 1. The van der Waals surface area contributed by atoms with E-state index < -0.39 is 0 Å². The average molecular weight is 601 g/mol. The first-order chi connectivity index (χ1) is 23.0. The van der Waals surface area contributed by atoms with Gasteiger partial charge in [-0.05, 0) is 82.9 Å². The topological polar surface area (TPSA) is 17.1 Å². The molecule has 0 spiro atoms. The lowest BCUT2D eigenvalue weighted by atomic mass is 9.79. The highest BCUT2D eigenvalue weighted by atomic mass is 16.1. The molecule has 0 bridgehead atoms. The summed E-state index contributed by atoms with van der Waals surface area (Å²) >= 11 is 0. The molecule has 0 fully saturated rings. The van der Waals surface area contributed by atoms with Gasteiger partial charge in [0.05, 0.1) is 0 Å². The van der Waals surface area contributed by atoms with E-state index in [9.17, 15) is 4.79 Å². The van der Waals surface area contributed by atoms with Crippen LogP contribution in [0, 0.1) is 0 Å². The monoisotopic (exact) mass is 600 g/mol. The van der Waals surface area contributed by atoms with Crippen LogP contribution >= 0.6 is 0 Å². The standard InChI is InChI=1S/C46H32O/c1-46(2)40-23-13-12-22-38(40)44-33-17-7-6-16-32(33)39(28-41(44)46)43-36-20-10-8-18-34(36)42(35-19-9-11-21-37(35)43)29-24-26-31(27-25-29)45(47)30-14-4-3-5-15-30/h3-28H,1-2H3. The molecule has 0 N–H and O–H groups in total. The van der Waals surface area contributed by atoms with Gasteiger partial charge in [-0.3, -0.25) is 4.79 Å². The number of hydrogen-bond donors (Lipinski definition) is 0. The smallest absolute Gasteiger partial charge is 0.193 e. The Morgan fingerprint density at radius 1 is 0.404 bits per heavy atom. The molecule has 8 aromatic carbocycles. The molecule has 0 atom stereocenters. The van der Waals surface area contributed by atoms with Crippen LogP contribution in [0.5, 0.6) is 0 Å². The summed E-state index contributed by atoms with van der Waals surface area (Å²) in [5.41, 5.74) is 11.6. The van der Waals surface area contributed by atoms with Crippen molar-refractivity contribution >= 4 is 38.1 Å². The van der Waals surface area contributed by atoms with Gasteiger partial charge in [0, 0.05) is 16.5 Å². The quantitative estimate of drug-likeness (QED) is 0.145. The average Bonchev–Trinajstić information content (AvgIpc) is 3.36. The number of benzene rings is 8. The maximum atomic E-state index is 13.2. The van der Waals surface area contributed by atoms with Crippen molar-refractivity contribution in [2.24, 2.45) is 0 Å². The Labute approximate surface area is 274 Å². The third-order valence-electron chi connectivity index (χ3n) is 10.3. The largest absolute Gasteiger partial charge is 0.289 e. The summed E-state index contributed by atoms with van der Waals surface area (Å²) in [7, 11) is 0. The maximum Gasteiger partial charge on any atom is 0.193 e. The van der Waals surface area contributed by atoms with E-state index in [0.717, 1.165) is 5.56 Å². The Bertz CT molecular complexity index is 2480. The highest BCUT2D eigenvalue weighted by molar-refractivity contribution is 6.24. The Kier molecular flexibility index (Phi) is 6.07. The van der Waals surface area contributed by atoms with Crippen LogP contribution < -0.4 is 0 Å². The Morgan fingerprint density at radius 2 is 0.872 bits per heavy atom. The number of carbonyl (C=O) groups is 1. The first-order valence-electron chi connectivity index (χ1n) is 16.3. The molecular formula is C46H32O. The van der Waals surface area contributed by atoms with E-state index >= 15 is 0 Å². The molecule has 0 saturated carbocycles. The summed E-state index contributed by atoms with van der Waals surface area (Å²) in [4.78, 5) is 13.2. The van der Waals surface area contributed by atoms with Gasteiger partial charge in [0.25, 0.3) is 0 Å². The molecule has 8 aromatic rings. The van der Waals surface area contributed by atoms with Crippen LogP contribution in [-0.2, 0) is 5.41 Å². The second kappa shape index (κ2) is 10.4. The zero-order valence-corrected chi connectivity index (χ0v) is 26.4. The van der Waals surface area contributed by atoms with Gasteiger partial charge in [0.1, 0.15) is 0 Å². The maximum absolute atomic E-state index is 13.2. The van der Waals surface area contributed by atoms with Crippen molar-refractivity contribution < 1.29 is 4.79 Å². The van der Waals surface area contributed by atoms with E-state index in [2.05, 4.69) is 129 Å². The molecule has 9 rings (SSSR count). The van der Waals surface area contributed by atoms with Gasteiger partial charge in [0.2, 0.25) is 0 Å². The molecule has 1 aliphatic rings. The first-order valence-corrected chi connectivity index (χ1v) is 16.3. The van der Waals surface area contributed by atoms with E-state index in [4.69, 9.17) is 0 Å². The molecule has 0 saturated heterocycles. The van der Waals surface area contributed by atoms with Crippen molar-refractivity contribution in [1.29, 1.82) is 0 Å². The highest BCUT2D eigenvalue weighted by Crippen LogP contribution is 2.54. The second-order valence-electron chi connectivity index (χ2n) is 13.2. The first kappa shape index (κ1) is 27.5. The summed E-state index contributed by atoms with van der Waals surface area (Å²) in [5.74, 6) is 0.0378. The van der Waals surface area contributed by atoms with Crippen molar-refractivity contribution in [1.82, 2.24) is 0 Å². The molecule has 0 unspecified atom stereocenters. The van der Waals surface area contributed by atoms with Crippen LogP contribution in [0.2, 0.25) is 0 Å². The summed E-state index contributed by atoms with van der Waals surface area (Å²) in [6, 6.07) is 55.6. The van der Waals surface area contributed by atoms with Crippen LogP contribution in [0.4, 0.5) is 0 Å². The van der Waals surface area contributed by atoms with Crippen LogP contribution in [-0.4, -0.2) is 5.78 Å². The molecule has 0 aromatic heterocycles. The van der Waals surface area contributed by atoms with E-state index in [1.165, 1.54) is 71.3 Å². The van der Waals surface area contributed by atoms with Crippen LogP contribution in [0.3, 0.4) is 0 Å². The molecule has 1 heteroatoms. The second-order valence-corrected chi connectivity index (χ2v) is 13.2. The van der Waals surface area contributed by atoms with Crippen LogP contribution in [0.15, 0.2) is 158 Å². The molecule has 0 radical (unpaired) electrons. The van der Waals surface area contributed by atoms with Crippen LogP contribution in [0.25, 0.3) is 65.7 Å². The summed E-state index contributed by atoms with van der Waals surface area (Å²) in [6.07, 6.45) is 0. The van der Waals surface area contributed by atoms with Gasteiger partial charge < -0.3 is 0 Å². The van der Waals surface area contributed by atoms with Crippen molar-refractivity contribution in [3.05, 3.63) is 180 Å². The van der Waals surface area contributed by atoms with Crippen molar-refractivity contribution in [3.63, 3.8) is 0 Å². The van der Waals surface area contributed by atoms with Crippen molar-refractivity contribution in [3.8, 4) is 33.4 Å². The number of hydrogen-bond acceptors (Lipinski definition) is 1. The lowest BCUT2D eigenvalue weighted by molar-refractivity contribution is 0.103. The third kappa shape index (κ3) is 4.06. The van der Waals surface area contributed by atoms with Gasteiger partial charge in [0.15, 0.2) is 5.78 Å². The zero-order valence-electron chi connectivity index (χ0n) is 26.4. The fraction of sp³-hybridized carbons (Fsp3) is 0.0652. The lowest BCUT2D eigenvalue weighted by Gasteiger charge is -2.24. The van der Waals surface area contributed by atoms with Crippen LogP contribution in [0.1, 0.15) is 40.9 Å². The number of carbonyl (C=O) groups excluding carboxylic acids is 1. The Morgan fingerprint density at radius 3 is 1.49 bits per heavy atom. The molecule has 1 aliphatic carbocycles. The molecule has 0 aliphatic heterocycles. The molecule has 0 amide bonds. The summed E-state index contributed by atoms with van der Waals surface area (Å²) in [6.45, 7) is 4.73. The summed E-state index contributed by atoms with van der Waals surface area (Å²) < 4.78 is 0. The lowest BCUT2D eigenvalue weighted by Crippen LogP contribution is -2.15. The SMILES string of the molecule is CC1(C)c2ccccc2-c2c1cc(-c1c3ccccc3c(-c3ccc(C(=O)c4ccccc4)cc3)c3ccccc13)c1ccccc21. The Balaban J connectivity index is 1.32.